The maximum Gasteiger partial charge on any atom is 0.246 e. The molecule has 3 heterocycles. The van der Waals surface area contributed by atoms with Crippen molar-refractivity contribution in [2.24, 2.45) is 0 Å². The van der Waals surface area contributed by atoms with Crippen LogP contribution in [0.15, 0.2) is 17.3 Å². The maximum absolute atomic E-state index is 13.2. The monoisotopic (exact) mass is 395 g/mol. The molecule has 0 aromatic carbocycles. The van der Waals surface area contributed by atoms with Crippen LogP contribution < -0.4 is 9.47 Å². The molecular weight excluding hydrogens is 370 g/mol. The lowest BCUT2D eigenvalue weighted by atomic mass is 10.1. The summed E-state index contributed by atoms with van der Waals surface area (Å²) in [4.78, 5) is 8.50. The Morgan fingerprint density at radius 2 is 2.00 bits per heavy atom. The van der Waals surface area contributed by atoms with E-state index in [1.54, 1.807) is 18.5 Å². The summed E-state index contributed by atoms with van der Waals surface area (Å²) >= 11 is 0. The van der Waals surface area contributed by atoms with Gasteiger partial charge in [-0.1, -0.05) is 0 Å². The van der Waals surface area contributed by atoms with Crippen LogP contribution in [0.1, 0.15) is 31.2 Å². The molecule has 1 atom stereocenters. The molecule has 0 bridgehead atoms. The second kappa shape index (κ2) is 7.81. The van der Waals surface area contributed by atoms with Crippen molar-refractivity contribution >= 4 is 10.0 Å². The topological polar surface area (TPSA) is 99.4 Å². The first kappa shape index (κ1) is 19.6. The Balaban J connectivity index is 1.80. The minimum absolute atomic E-state index is 0.261. The van der Waals surface area contributed by atoms with Crippen molar-refractivity contribution < 1.29 is 17.9 Å². The first-order valence-corrected chi connectivity index (χ1v) is 10.4. The van der Waals surface area contributed by atoms with E-state index in [0.717, 1.165) is 6.42 Å². The van der Waals surface area contributed by atoms with Gasteiger partial charge in [-0.25, -0.2) is 8.42 Å². The van der Waals surface area contributed by atoms with E-state index in [1.807, 2.05) is 6.92 Å². The molecule has 0 spiro atoms. The largest absolute Gasteiger partial charge is 0.480 e. The standard InChI is InChI=1S/C17H25N5O4S/c1-5-22-13(3)17(12(2)20-22)27(23,24)21-8-6-7-14(11-21)26-16-10-18-9-15(19-16)25-4/h9-10,14H,5-8,11H2,1-4H3. The molecule has 0 radical (unpaired) electrons. The molecule has 1 saturated heterocycles. The van der Waals surface area contributed by atoms with Gasteiger partial charge in [-0.3, -0.25) is 9.67 Å². The molecule has 10 heteroatoms. The summed E-state index contributed by atoms with van der Waals surface area (Å²) in [6, 6.07) is 0. The summed E-state index contributed by atoms with van der Waals surface area (Å²) in [5, 5.41) is 4.34. The zero-order valence-electron chi connectivity index (χ0n) is 16.0. The minimum atomic E-state index is -3.64. The Morgan fingerprint density at radius 3 is 2.67 bits per heavy atom. The van der Waals surface area contributed by atoms with Gasteiger partial charge in [0.1, 0.15) is 11.0 Å². The molecule has 1 unspecified atom stereocenters. The third kappa shape index (κ3) is 3.91. The number of aromatic nitrogens is 4. The van der Waals surface area contributed by atoms with E-state index in [2.05, 4.69) is 15.1 Å². The third-order valence-electron chi connectivity index (χ3n) is 4.64. The first-order chi connectivity index (χ1) is 12.9. The van der Waals surface area contributed by atoms with Crippen LogP contribution in [0.3, 0.4) is 0 Å². The van der Waals surface area contributed by atoms with Crippen molar-refractivity contribution in [2.75, 3.05) is 20.2 Å². The molecule has 148 valence electrons. The lowest BCUT2D eigenvalue weighted by molar-refractivity contribution is 0.123. The fourth-order valence-corrected chi connectivity index (χ4v) is 5.25. The van der Waals surface area contributed by atoms with Crippen molar-refractivity contribution in [1.29, 1.82) is 0 Å². The third-order valence-corrected chi connectivity index (χ3v) is 6.76. The number of nitrogens with zero attached hydrogens (tertiary/aromatic N) is 5. The van der Waals surface area contributed by atoms with Crippen LogP contribution in [0.5, 0.6) is 11.8 Å². The maximum atomic E-state index is 13.2. The number of hydrogen-bond acceptors (Lipinski definition) is 7. The summed E-state index contributed by atoms with van der Waals surface area (Å²) in [7, 11) is -2.14. The molecule has 3 rings (SSSR count). The molecule has 1 fully saturated rings. The van der Waals surface area contributed by atoms with Crippen LogP contribution in [0, 0.1) is 13.8 Å². The summed E-state index contributed by atoms with van der Waals surface area (Å²) in [5.41, 5.74) is 1.19. The lowest BCUT2D eigenvalue weighted by Gasteiger charge is -2.31. The van der Waals surface area contributed by atoms with Crippen LogP contribution in [0.4, 0.5) is 0 Å². The van der Waals surface area contributed by atoms with Gasteiger partial charge in [0, 0.05) is 13.1 Å². The number of aryl methyl sites for hydroxylation is 2. The van der Waals surface area contributed by atoms with Crippen LogP contribution >= 0.6 is 0 Å². The SMILES string of the molecule is CCn1nc(C)c(S(=O)(=O)N2CCCC(Oc3cncc(OC)n3)C2)c1C. The number of piperidine rings is 1. The molecule has 0 aliphatic carbocycles. The fraction of sp³-hybridized carbons (Fsp3) is 0.588. The van der Waals surface area contributed by atoms with Gasteiger partial charge in [-0.15, -0.1) is 0 Å². The molecule has 2 aromatic heterocycles. The molecule has 0 N–H and O–H groups in total. The highest BCUT2D eigenvalue weighted by molar-refractivity contribution is 7.89. The lowest BCUT2D eigenvalue weighted by Crippen LogP contribution is -2.44. The van der Waals surface area contributed by atoms with E-state index >= 15 is 0 Å². The van der Waals surface area contributed by atoms with E-state index < -0.39 is 10.0 Å². The second-order valence-electron chi connectivity index (χ2n) is 6.46. The molecule has 1 aliphatic heterocycles. The van der Waals surface area contributed by atoms with E-state index in [9.17, 15) is 8.42 Å². The van der Waals surface area contributed by atoms with Crippen LogP contribution in [-0.4, -0.2) is 58.8 Å². The number of ether oxygens (including phenoxy) is 2. The van der Waals surface area contributed by atoms with Gasteiger partial charge in [-0.2, -0.15) is 14.4 Å². The predicted octanol–water partition coefficient (Wildman–Crippen LogP) is 1.55. The molecule has 0 amide bonds. The molecule has 2 aromatic rings. The van der Waals surface area contributed by atoms with Crippen LogP contribution in [-0.2, 0) is 16.6 Å². The van der Waals surface area contributed by atoms with Gasteiger partial charge in [-0.05, 0) is 33.6 Å². The summed E-state index contributed by atoms with van der Waals surface area (Å²) < 4.78 is 40.6. The minimum Gasteiger partial charge on any atom is -0.480 e. The molecule has 27 heavy (non-hydrogen) atoms. The van der Waals surface area contributed by atoms with E-state index in [1.165, 1.54) is 23.8 Å². The smallest absolute Gasteiger partial charge is 0.246 e. The number of sulfonamides is 1. The van der Waals surface area contributed by atoms with Crippen molar-refractivity contribution in [3.05, 3.63) is 23.8 Å². The van der Waals surface area contributed by atoms with Crippen LogP contribution in [0.2, 0.25) is 0 Å². The zero-order valence-corrected chi connectivity index (χ0v) is 16.9. The van der Waals surface area contributed by atoms with E-state index in [-0.39, 0.29) is 12.6 Å². The van der Waals surface area contributed by atoms with Crippen molar-refractivity contribution in [3.63, 3.8) is 0 Å². The molecular formula is C17H25N5O4S. The Morgan fingerprint density at radius 1 is 1.26 bits per heavy atom. The average molecular weight is 395 g/mol. The zero-order chi connectivity index (χ0) is 19.6. The van der Waals surface area contributed by atoms with Gasteiger partial charge < -0.3 is 9.47 Å². The van der Waals surface area contributed by atoms with Gasteiger partial charge in [0.05, 0.1) is 37.4 Å². The quantitative estimate of drug-likeness (QED) is 0.731. The highest BCUT2D eigenvalue weighted by Crippen LogP contribution is 2.27. The van der Waals surface area contributed by atoms with Crippen molar-refractivity contribution in [3.8, 4) is 11.8 Å². The van der Waals surface area contributed by atoms with Gasteiger partial charge in [0.2, 0.25) is 21.8 Å². The number of hydrogen-bond donors (Lipinski definition) is 0. The fourth-order valence-electron chi connectivity index (χ4n) is 3.37. The summed E-state index contributed by atoms with van der Waals surface area (Å²) in [6.45, 7) is 6.81. The Kier molecular flexibility index (Phi) is 5.66. The van der Waals surface area contributed by atoms with E-state index in [0.29, 0.717) is 47.6 Å². The second-order valence-corrected chi connectivity index (χ2v) is 8.34. The number of methoxy groups -OCH3 is 1. The summed E-state index contributed by atoms with van der Waals surface area (Å²) in [6.07, 6.45) is 4.15. The first-order valence-electron chi connectivity index (χ1n) is 8.93. The normalized spacial score (nSPS) is 18.4. The highest BCUT2D eigenvalue weighted by Gasteiger charge is 2.35. The van der Waals surface area contributed by atoms with Crippen molar-refractivity contribution in [1.82, 2.24) is 24.1 Å². The Hall–Kier alpha value is -2.20. The highest BCUT2D eigenvalue weighted by atomic mass is 32.2. The Labute approximate surface area is 159 Å². The van der Waals surface area contributed by atoms with Gasteiger partial charge >= 0.3 is 0 Å². The summed E-state index contributed by atoms with van der Waals surface area (Å²) in [5.74, 6) is 0.677. The average Bonchev–Trinajstić information content (AvgIpc) is 2.96. The van der Waals surface area contributed by atoms with E-state index in [4.69, 9.17) is 9.47 Å². The molecule has 0 saturated carbocycles. The van der Waals surface area contributed by atoms with Crippen LogP contribution in [0.25, 0.3) is 0 Å². The van der Waals surface area contributed by atoms with Gasteiger partial charge in [0.25, 0.3) is 0 Å². The molecule has 1 aliphatic rings. The van der Waals surface area contributed by atoms with Crippen molar-refractivity contribution in [2.45, 2.75) is 51.2 Å². The molecule has 9 nitrogen and oxygen atoms in total. The Bertz CT molecular complexity index is 912. The predicted molar refractivity (Wildman–Crippen MR) is 98.4 cm³/mol. The number of rotatable bonds is 6. The van der Waals surface area contributed by atoms with Gasteiger partial charge in [0.15, 0.2) is 0 Å².